The fourth-order valence-corrected chi connectivity index (χ4v) is 3.52. The second-order valence-electron chi connectivity index (χ2n) is 7.55. The molecule has 0 spiro atoms. The highest BCUT2D eigenvalue weighted by atomic mass is 32.1. The van der Waals surface area contributed by atoms with Crippen LogP contribution in [0.2, 0.25) is 0 Å². The standard InChI is InChI=1S/C25H22FN3O2S/c1-3-15(2)16-10-11-22-21(14-16)28-24(31-22)18-7-5-9-20(13-18)27-25(32)29-23(30)17-6-4-8-19(26)12-17/h4-15H,3H2,1-2H3,(H2,27,29,30,32)/t15-/m1/s1. The molecule has 7 heteroatoms. The summed E-state index contributed by atoms with van der Waals surface area (Å²) in [5.41, 5.74) is 4.39. The van der Waals surface area contributed by atoms with E-state index in [9.17, 15) is 9.18 Å². The first-order valence-electron chi connectivity index (χ1n) is 10.3. The van der Waals surface area contributed by atoms with E-state index in [1.165, 1.54) is 23.8 Å². The van der Waals surface area contributed by atoms with E-state index in [1.807, 2.05) is 30.3 Å². The molecular formula is C25H22FN3O2S. The van der Waals surface area contributed by atoms with Crippen molar-refractivity contribution in [1.29, 1.82) is 0 Å². The average Bonchev–Trinajstić information content (AvgIpc) is 3.22. The molecule has 0 saturated carbocycles. The number of hydrogen-bond acceptors (Lipinski definition) is 4. The molecule has 0 unspecified atom stereocenters. The van der Waals surface area contributed by atoms with Crippen LogP contribution in [0.3, 0.4) is 0 Å². The van der Waals surface area contributed by atoms with Gasteiger partial charge in [0.15, 0.2) is 10.7 Å². The number of oxazole rings is 1. The van der Waals surface area contributed by atoms with Crippen molar-refractivity contribution in [2.75, 3.05) is 5.32 Å². The van der Waals surface area contributed by atoms with E-state index in [4.69, 9.17) is 16.6 Å². The zero-order valence-corrected chi connectivity index (χ0v) is 18.5. The largest absolute Gasteiger partial charge is 0.436 e. The Balaban J connectivity index is 1.49. The van der Waals surface area contributed by atoms with Gasteiger partial charge in [0.25, 0.3) is 5.91 Å². The van der Waals surface area contributed by atoms with Crippen LogP contribution in [0.4, 0.5) is 10.1 Å². The topological polar surface area (TPSA) is 67.2 Å². The Bertz CT molecular complexity index is 1300. The fraction of sp³-hybridized carbons (Fsp3) is 0.160. The minimum absolute atomic E-state index is 0.104. The number of rotatable bonds is 5. The molecule has 0 saturated heterocycles. The summed E-state index contributed by atoms with van der Waals surface area (Å²) >= 11 is 5.23. The first-order valence-corrected chi connectivity index (χ1v) is 10.7. The predicted molar refractivity (Wildman–Crippen MR) is 128 cm³/mol. The maximum Gasteiger partial charge on any atom is 0.257 e. The van der Waals surface area contributed by atoms with Crippen molar-refractivity contribution in [1.82, 2.24) is 10.3 Å². The van der Waals surface area contributed by atoms with E-state index in [-0.39, 0.29) is 10.7 Å². The molecular weight excluding hydrogens is 425 g/mol. The number of anilines is 1. The van der Waals surface area contributed by atoms with Gasteiger partial charge in [0.1, 0.15) is 11.3 Å². The number of thiocarbonyl (C=S) groups is 1. The molecule has 0 radical (unpaired) electrons. The molecule has 0 aliphatic rings. The van der Waals surface area contributed by atoms with Crippen molar-refractivity contribution < 1.29 is 13.6 Å². The molecule has 0 bridgehead atoms. The smallest absolute Gasteiger partial charge is 0.257 e. The summed E-state index contributed by atoms with van der Waals surface area (Å²) in [5.74, 6) is -0.0246. The third kappa shape index (κ3) is 4.84. The highest BCUT2D eigenvalue weighted by molar-refractivity contribution is 7.80. The molecule has 0 aliphatic carbocycles. The van der Waals surface area contributed by atoms with E-state index < -0.39 is 11.7 Å². The van der Waals surface area contributed by atoms with E-state index in [0.29, 0.717) is 17.5 Å². The average molecular weight is 448 g/mol. The highest BCUT2D eigenvalue weighted by Crippen LogP contribution is 2.29. The van der Waals surface area contributed by atoms with Gasteiger partial charge < -0.3 is 9.73 Å². The van der Waals surface area contributed by atoms with Crippen LogP contribution in [0.15, 0.2) is 71.1 Å². The Morgan fingerprint density at radius 1 is 1.12 bits per heavy atom. The van der Waals surface area contributed by atoms with Crippen molar-refractivity contribution in [2.45, 2.75) is 26.2 Å². The summed E-state index contributed by atoms with van der Waals surface area (Å²) in [6.45, 7) is 4.35. The lowest BCUT2D eigenvalue weighted by Gasteiger charge is -2.10. The summed E-state index contributed by atoms with van der Waals surface area (Å²) in [5, 5.41) is 5.62. The van der Waals surface area contributed by atoms with E-state index >= 15 is 0 Å². The fourth-order valence-electron chi connectivity index (χ4n) is 3.31. The van der Waals surface area contributed by atoms with Crippen molar-refractivity contribution in [2.24, 2.45) is 0 Å². The maximum absolute atomic E-state index is 13.3. The number of aromatic nitrogens is 1. The number of benzene rings is 3. The SMILES string of the molecule is CC[C@@H](C)c1ccc2oc(-c3cccc(NC(=S)NC(=O)c4cccc(F)c4)c3)nc2c1. The van der Waals surface area contributed by atoms with Crippen LogP contribution in [0.5, 0.6) is 0 Å². The van der Waals surface area contributed by atoms with Crippen LogP contribution in [0.25, 0.3) is 22.6 Å². The summed E-state index contributed by atoms with van der Waals surface area (Å²) < 4.78 is 19.3. The molecule has 0 aliphatic heterocycles. The molecule has 32 heavy (non-hydrogen) atoms. The lowest BCUT2D eigenvalue weighted by molar-refractivity contribution is 0.0977. The number of carbonyl (C=O) groups excluding carboxylic acids is 1. The van der Waals surface area contributed by atoms with Gasteiger partial charge in [0, 0.05) is 16.8 Å². The summed E-state index contributed by atoms with van der Waals surface area (Å²) in [6.07, 6.45) is 1.06. The normalized spacial score (nSPS) is 11.8. The van der Waals surface area contributed by atoms with Crippen LogP contribution in [-0.2, 0) is 0 Å². The zero-order chi connectivity index (χ0) is 22.7. The lowest BCUT2D eigenvalue weighted by atomic mass is 9.98. The molecule has 4 rings (SSSR count). The highest BCUT2D eigenvalue weighted by Gasteiger charge is 2.13. The second kappa shape index (κ2) is 9.28. The summed E-state index contributed by atoms with van der Waals surface area (Å²) in [6, 6.07) is 18.9. The van der Waals surface area contributed by atoms with E-state index in [0.717, 1.165) is 29.2 Å². The molecule has 2 N–H and O–H groups in total. The summed E-state index contributed by atoms with van der Waals surface area (Å²) in [7, 11) is 0. The molecule has 162 valence electrons. The maximum atomic E-state index is 13.3. The van der Waals surface area contributed by atoms with Gasteiger partial charge in [0.05, 0.1) is 0 Å². The molecule has 4 aromatic rings. The third-order valence-corrected chi connectivity index (χ3v) is 5.48. The molecule has 1 amide bonds. The number of halogens is 1. The van der Waals surface area contributed by atoms with Gasteiger partial charge in [0.2, 0.25) is 5.89 Å². The molecule has 1 atom stereocenters. The monoisotopic (exact) mass is 447 g/mol. The van der Waals surface area contributed by atoms with Gasteiger partial charge in [-0.1, -0.05) is 32.0 Å². The van der Waals surface area contributed by atoms with Crippen molar-refractivity contribution in [3.63, 3.8) is 0 Å². The quantitative estimate of drug-likeness (QED) is 0.353. The lowest BCUT2D eigenvalue weighted by Crippen LogP contribution is -2.34. The Kier molecular flexibility index (Phi) is 6.28. The first kappa shape index (κ1) is 21.6. The molecule has 3 aromatic carbocycles. The van der Waals surface area contributed by atoms with Crippen LogP contribution < -0.4 is 10.6 Å². The number of amides is 1. The van der Waals surface area contributed by atoms with Crippen LogP contribution in [-0.4, -0.2) is 16.0 Å². The van der Waals surface area contributed by atoms with Crippen molar-refractivity contribution in [3.05, 3.63) is 83.7 Å². The molecule has 0 fully saturated rings. The van der Waals surface area contributed by atoms with Crippen LogP contribution >= 0.6 is 12.2 Å². The Morgan fingerprint density at radius 2 is 1.94 bits per heavy atom. The molecule has 5 nitrogen and oxygen atoms in total. The van der Waals surface area contributed by atoms with E-state index in [2.05, 4.69) is 41.6 Å². The van der Waals surface area contributed by atoms with Gasteiger partial charge in [-0.25, -0.2) is 9.37 Å². The number of nitrogens with zero attached hydrogens (tertiary/aromatic N) is 1. The van der Waals surface area contributed by atoms with Crippen LogP contribution in [0, 0.1) is 5.82 Å². The van der Waals surface area contributed by atoms with Gasteiger partial charge >= 0.3 is 0 Å². The number of hydrogen-bond donors (Lipinski definition) is 2. The summed E-state index contributed by atoms with van der Waals surface area (Å²) in [4.78, 5) is 16.9. The molecule has 1 aromatic heterocycles. The number of nitrogens with one attached hydrogen (secondary N) is 2. The third-order valence-electron chi connectivity index (χ3n) is 5.27. The number of carbonyl (C=O) groups is 1. The Morgan fingerprint density at radius 3 is 2.72 bits per heavy atom. The first-order chi connectivity index (χ1) is 15.4. The predicted octanol–water partition coefficient (Wildman–Crippen LogP) is 6.27. The Labute approximate surface area is 190 Å². The second-order valence-corrected chi connectivity index (χ2v) is 7.96. The van der Waals surface area contributed by atoms with Crippen molar-refractivity contribution >= 4 is 40.0 Å². The minimum Gasteiger partial charge on any atom is -0.436 e. The zero-order valence-electron chi connectivity index (χ0n) is 17.7. The van der Waals surface area contributed by atoms with Crippen LogP contribution in [0.1, 0.15) is 42.1 Å². The van der Waals surface area contributed by atoms with Crippen molar-refractivity contribution in [3.8, 4) is 11.5 Å². The van der Waals surface area contributed by atoms with Gasteiger partial charge in [-0.2, -0.15) is 0 Å². The minimum atomic E-state index is -0.491. The Hall–Kier alpha value is -3.58. The van der Waals surface area contributed by atoms with E-state index in [1.54, 1.807) is 0 Å². The number of fused-ring (bicyclic) bond motifs is 1. The van der Waals surface area contributed by atoms with Gasteiger partial charge in [-0.15, -0.1) is 0 Å². The molecule has 1 heterocycles. The van der Waals surface area contributed by atoms with Gasteiger partial charge in [-0.05, 0) is 78.7 Å². The van der Waals surface area contributed by atoms with Gasteiger partial charge in [-0.3, -0.25) is 10.1 Å².